The zero-order valence-corrected chi connectivity index (χ0v) is 14.1. The van der Waals surface area contributed by atoms with Crippen LogP contribution in [0.1, 0.15) is 11.1 Å². The Bertz CT molecular complexity index is 782. The molecule has 2 aromatic rings. The molecule has 2 heterocycles. The van der Waals surface area contributed by atoms with Crippen LogP contribution in [-0.2, 0) is 17.8 Å². The first kappa shape index (κ1) is 17.1. The van der Waals surface area contributed by atoms with E-state index in [1.54, 1.807) is 13.3 Å². The van der Waals surface area contributed by atoms with Gasteiger partial charge in [0, 0.05) is 13.1 Å². The van der Waals surface area contributed by atoms with Gasteiger partial charge in [0.15, 0.2) is 0 Å². The van der Waals surface area contributed by atoms with Crippen LogP contribution >= 0.6 is 0 Å². The van der Waals surface area contributed by atoms with Crippen molar-refractivity contribution in [1.29, 1.82) is 0 Å². The minimum Gasteiger partial charge on any atom is -0.497 e. The number of ether oxygens (including phenoxy) is 2. The molecule has 1 saturated heterocycles. The van der Waals surface area contributed by atoms with E-state index >= 15 is 0 Å². The summed E-state index contributed by atoms with van der Waals surface area (Å²) in [5.74, 6) is 0.748. The third kappa shape index (κ3) is 3.85. The van der Waals surface area contributed by atoms with E-state index in [4.69, 9.17) is 9.47 Å². The van der Waals surface area contributed by atoms with Crippen LogP contribution in [0.2, 0.25) is 0 Å². The van der Waals surface area contributed by atoms with Crippen molar-refractivity contribution < 1.29 is 9.47 Å². The van der Waals surface area contributed by atoms with Gasteiger partial charge in [0.2, 0.25) is 0 Å². The Morgan fingerprint density at radius 1 is 1.24 bits per heavy atom. The largest absolute Gasteiger partial charge is 0.497 e. The fraction of sp³-hybridized carbons (Fsp3) is 0.412. The minimum absolute atomic E-state index is 0.170. The zero-order valence-electron chi connectivity index (χ0n) is 14.1. The average molecular weight is 344 g/mol. The predicted octanol–water partition coefficient (Wildman–Crippen LogP) is 1.40. The van der Waals surface area contributed by atoms with Gasteiger partial charge < -0.3 is 14.4 Å². The van der Waals surface area contributed by atoms with Gasteiger partial charge in [-0.1, -0.05) is 17.3 Å². The third-order valence-electron chi connectivity index (χ3n) is 4.19. The van der Waals surface area contributed by atoms with Crippen LogP contribution in [0.15, 0.2) is 40.4 Å². The molecule has 25 heavy (non-hydrogen) atoms. The predicted molar refractivity (Wildman–Crippen MR) is 93.1 cm³/mol. The Morgan fingerprint density at radius 2 is 1.96 bits per heavy atom. The summed E-state index contributed by atoms with van der Waals surface area (Å²) < 4.78 is 11.8. The van der Waals surface area contributed by atoms with Gasteiger partial charge in [-0.15, -0.1) is 0 Å². The number of nitroso groups, excluding NO2 is 1. The highest BCUT2D eigenvalue weighted by molar-refractivity contribution is 5.51. The summed E-state index contributed by atoms with van der Waals surface area (Å²) in [7, 11) is 1.60. The second-order valence-corrected chi connectivity index (χ2v) is 5.71. The number of morpholine rings is 1. The van der Waals surface area contributed by atoms with Crippen molar-refractivity contribution in [3.63, 3.8) is 0 Å². The Balaban J connectivity index is 1.90. The number of nitrogens with zero attached hydrogens (tertiary/aromatic N) is 4. The van der Waals surface area contributed by atoms with E-state index < -0.39 is 0 Å². The van der Waals surface area contributed by atoms with Gasteiger partial charge in [-0.2, -0.15) is 10.0 Å². The minimum atomic E-state index is -0.292. The first-order valence-electron chi connectivity index (χ1n) is 8.06. The van der Waals surface area contributed by atoms with Crippen molar-refractivity contribution in [2.75, 3.05) is 38.3 Å². The van der Waals surface area contributed by atoms with E-state index in [1.807, 2.05) is 29.2 Å². The second-order valence-electron chi connectivity index (χ2n) is 5.71. The number of aromatic nitrogens is 2. The fourth-order valence-electron chi connectivity index (χ4n) is 2.83. The quantitative estimate of drug-likeness (QED) is 0.737. The van der Waals surface area contributed by atoms with Crippen molar-refractivity contribution in [2.24, 2.45) is 5.18 Å². The lowest BCUT2D eigenvalue weighted by Gasteiger charge is -2.29. The van der Waals surface area contributed by atoms with Crippen LogP contribution in [0, 0.1) is 4.91 Å². The number of anilines is 1. The summed E-state index contributed by atoms with van der Waals surface area (Å²) in [6.07, 6.45) is 1.64. The molecule has 0 radical (unpaired) electrons. The van der Waals surface area contributed by atoms with Gasteiger partial charge in [-0.3, -0.25) is 4.79 Å². The number of hydrogen-bond acceptors (Lipinski definition) is 7. The SMILES string of the molecule is COc1ccc(Cn2ncc(N3CCOCC3)c(CN=O)c2=O)cc1. The molecule has 8 nitrogen and oxygen atoms in total. The maximum atomic E-state index is 12.8. The van der Waals surface area contributed by atoms with Crippen LogP contribution in [0.5, 0.6) is 5.75 Å². The molecule has 1 aliphatic heterocycles. The number of hydrogen-bond donors (Lipinski definition) is 0. The van der Waals surface area contributed by atoms with Crippen LogP contribution < -0.4 is 15.2 Å². The van der Waals surface area contributed by atoms with Crippen molar-refractivity contribution in [3.8, 4) is 5.75 Å². The Kier molecular flexibility index (Phi) is 5.39. The molecule has 0 amide bonds. The van der Waals surface area contributed by atoms with E-state index in [9.17, 15) is 9.70 Å². The molecule has 0 bridgehead atoms. The van der Waals surface area contributed by atoms with Crippen molar-refractivity contribution in [2.45, 2.75) is 13.1 Å². The van der Waals surface area contributed by atoms with Gasteiger partial charge in [-0.05, 0) is 17.7 Å². The number of rotatable bonds is 6. The molecular weight excluding hydrogens is 324 g/mol. The zero-order chi connectivity index (χ0) is 17.6. The maximum Gasteiger partial charge on any atom is 0.274 e. The van der Waals surface area contributed by atoms with E-state index in [-0.39, 0.29) is 12.1 Å². The molecule has 1 aliphatic rings. The van der Waals surface area contributed by atoms with Crippen molar-refractivity contribution in [3.05, 3.63) is 56.9 Å². The normalized spacial score (nSPS) is 14.4. The van der Waals surface area contributed by atoms with E-state index in [2.05, 4.69) is 10.3 Å². The first-order valence-corrected chi connectivity index (χ1v) is 8.06. The van der Waals surface area contributed by atoms with Gasteiger partial charge in [-0.25, -0.2) is 4.68 Å². The lowest BCUT2D eigenvalue weighted by atomic mass is 10.2. The summed E-state index contributed by atoms with van der Waals surface area (Å²) in [4.78, 5) is 25.6. The topological polar surface area (TPSA) is 86.0 Å². The summed E-state index contributed by atoms with van der Waals surface area (Å²) in [5, 5.41) is 7.21. The van der Waals surface area contributed by atoms with E-state index in [0.29, 0.717) is 44.1 Å². The Labute approximate surface area is 144 Å². The molecule has 0 N–H and O–H groups in total. The maximum absolute atomic E-state index is 12.8. The van der Waals surface area contributed by atoms with Gasteiger partial charge >= 0.3 is 0 Å². The van der Waals surface area contributed by atoms with Gasteiger partial charge in [0.25, 0.3) is 5.56 Å². The summed E-state index contributed by atoms with van der Waals surface area (Å²) in [5.41, 5.74) is 1.67. The van der Waals surface area contributed by atoms with Crippen molar-refractivity contribution >= 4 is 5.69 Å². The average Bonchev–Trinajstić information content (AvgIpc) is 2.66. The molecule has 1 aromatic carbocycles. The monoisotopic (exact) mass is 344 g/mol. The molecule has 0 saturated carbocycles. The van der Waals surface area contributed by atoms with Crippen LogP contribution in [0.4, 0.5) is 5.69 Å². The van der Waals surface area contributed by atoms with Crippen molar-refractivity contribution in [1.82, 2.24) is 9.78 Å². The Morgan fingerprint density at radius 3 is 2.60 bits per heavy atom. The molecule has 1 fully saturated rings. The standard InChI is InChI=1S/C17H20N4O4/c1-24-14-4-2-13(3-5-14)12-21-17(22)15(10-19-23)16(11-18-21)20-6-8-25-9-7-20/h2-5,11H,6-10,12H2,1H3. The smallest absolute Gasteiger partial charge is 0.274 e. The molecule has 132 valence electrons. The van der Waals surface area contributed by atoms with Gasteiger partial charge in [0.1, 0.15) is 12.3 Å². The summed E-state index contributed by atoms with van der Waals surface area (Å²) in [6, 6.07) is 7.41. The molecule has 1 aromatic heterocycles. The summed E-state index contributed by atoms with van der Waals surface area (Å²) in [6.45, 7) is 2.64. The molecule has 0 unspecified atom stereocenters. The third-order valence-corrected chi connectivity index (χ3v) is 4.19. The van der Waals surface area contributed by atoms with Crippen LogP contribution in [0.3, 0.4) is 0 Å². The molecule has 0 spiro atoms. The molecule has 0 aliphatic carbocycles. The van der Waals surface area contributed by atoms with E-state index in [1.165, 1.54) is 4.68 Å². The van der Waals surface area contributed by atoms with Gasteiger partial charge in [0.05, 0.1) is 44.3 Å². The lowest BCUT2D eigenvalue weighted by Crippen LogP contribution is -2.39. The molecule has 8 heteroatoms. The second kappa shape index (κ2) is 7.89. The van der Waals surface area contributed by atoms with Crippen LogP contribution in [-0.4, -0.2) is 43.2 Å². The highest BCUT2D eigenvalue weighted by Crippen LogP contribution is 2.19. The first-order chi connectivity index (χ1) is 12.2. The molecule has 0 atom stereocenters. The fourth-order valence-corrected chi connectivity index (χ4v) is 2.83. The molecule has 3 rings (SSSR count). The molecular formula is C17H20N4O4. The van der Waals surface area contributed by atoms with Crippen LogP contribution in [0.25, 0.3) is 0 Å². The highest BCUT2D eigenvalue weighted by atomic mass is 16.5. The van der Waals surface area contributed by atoms with E-state index in [0.717, 1.165) is 11.3 Å². The summed E-state index contributed by atoms with van der Waals surface area (Å²) >= 11 is 0. The number of methoxy groups -OCH3 is 1. The number of benzene rings is 1. The highest BCUT2D eigenvalue weighted by Gasteiger charge is 2.19. The lowest BCUT2D eigenvalue weighted by molar-refractivity contribution is 0.122. The Hall–Kier alpha value is -2.74.